The first kappa shape index (κ1) is 13.6. The van der Waals surface area contributed by atoms with Gasteiger partial charge in [0.05, 0.1) is 5.92 Å². The molecule has 0 bridgehead atoms. The summed E-state index contributed by atoms with van der Waals surface area (Å²) >= 11 is 3.31. The van der Waals surface area contributed by atoms with E-state index in [2.05, 4.69) is 36.4 Å². The highest BCUT2D eigenvalue weighted by Gasteiger charge is 2.14. The number of tetrazole rings is 1. The van der Waals surface area contributed by atoms with Crippen molar-refractivity contribution in [3.05, 3.63) is 22.8 Å². The molecule has 2 aromatic heterocycles. The smallest absolute Gasteiger partial charge is 0.306 e. The van der Waals surface area contributed by atoms with Crippen molar-refractivity contribution in [3.8, 4) is 11.5 Å². The summed E-state index contributed by atoms with van der Waals surface area (Å²) in [5.41, 5.74) is 0.649. The Balaban J connectivity index is 2.14. The average Bonchev–Trinajstić information content (AvgIpc) is 2.85. The van der Waals surface area contributed by atoms with Gasteiger partial charge in [-0.25, -0.2) is 4.68 Å². The van der Waals surface area contributed by atoms with Crippen LogP contribution in [0.3, 0.4) is 0 Å². The van der Waals surface area contributed by atoms with Crippen molar-refractivity contribution in [1.29, 1.82) is 0 Å². The summed E-state index contributed by atoms with van der Waals surface area (Å²) in [4.78, 5) is 15.0. The van der Waals surface area contributed by atoms with Crippen molar-refractivity contribution >= 4 is 21.9 Å². The minimum Gasteiger partial charge on any atom is -0.481 e. The van der Waals surface area contributed by atoms with Crippen LogP contribution in [0.15, 0.2) is 22.8 Å². The van der Waals surface area contributed by atoms with Gasteiger partial charge in [-0.15, -0.1) is 5.10 Å². The SMILES string of the molecule is CC(CCn1nnnc1-c1ccc(Br)cn1)C(=O)O. The maximum absolute atomic E-state index is 10.8. The van der Waals surface area contributed by atoms with Crippen molar-refractivity contribution in [3.63, 3.8) is 0 Å². The Hall–Kier alpha value is -1.83. The lowest BCUT2D eigenvalue weighted by Crippen LogP contribution is -2.14. The third kappa shape index (κ3) is 3.34. The van der Waals surface area contributed by atoms with Crippen LogP contribution in [0.4, 0.5) is 0 Å². The number of halogens is 1. The number of carboxylic acid groups (broad SMARTS) is 1. The van der Waals surface area contributed by atoms with E-state index in [0.717, 1.165) is 4.47 Å². The molecular weight excluding hydrogens is 314 g/mol. The number of carbonyl (C=O) groups is 1. The fourth-order valence-electron chi connectivity index (χ4n) is 1.49. The lowest BCUT2D eigenvalue weighted by atomic mass is 10.1. The summed E-state index contributed by atoms with van der Waals surface area (Å²) in [6.45, 7) is 2.10. The van der Waals surface area contributed by atoms with Gasteiger partial charge in [-0.3, -0.25) is 9.78 Å². The van der Waals surface area contributed by atoms with Gasteiger partial charge in [0.2, 0.25) is 5.82 Å². The maximum atomic E-state index is 10.8. The van der Waals surface area contributed by atoms with E-state index >= 15 is 0 Å². The van der Waals surface area contributed by atoms with E-state index in [9.17, 15) is 4.79 Å². The molecule has 0 aliphatic rings. The second-order valence-electron chi connectivity index (χ2n) is 4.12. The van der Waals surface area contributed by atoms with Gasteiger partial charge in [-0.1, -0.05) is 6.92 Å². The molecule has 0 fully saturated rings. The highest BCUT2D eigenvalue weighted by Crippen LogP contribution is 2.16. The Labute approximate surface area is 117 Å². The van der Waals surface area contributed by atoms with Crippen LogP contribution < -0.4 is 0 Å². The van der Waals surface area contributed by atoms with Crippen LogP contribution >= 0.6 is 15.9 Å². The minimum atomic E-state index is -0.823. The molecular formula is C11H12BrN5O2. The third-order valence-corrected chi connectivity index (χ3v) is 3.15. The van der Waals surface area contributed by atoms with E-state index in [4.69, 9.17) is 5.11 Å². The molecule has 0 amide bonds. The molecule has 19 heavy (non-hydrogen) atoms. The Bertz CT molecular complexity index is 569. The van der Waals surface area contributed by atoms with E-state index in [1.54, 1.807) is 23.9 Å². The second kappa shape index (κ2) is 5.87. The molecule has 0 aromatic carbocycles. The Morgan fingerprint density at radius 2 is 2.32 bits per heavy atom. The zero-order chi connectivity index (χ0) is 13.8. The molecule has 1 atom stereocenters. The molecule has 2 aromatic rings. The summed E-state index contributed by atoms with van der Waals surface area (Å²) in [6, 6.07) is 3.65. The number of carboxylic acids is 1. The molecule has 2 heterocycles. The summed E-state index contributed by atoms with van der Waals surface area (Å²) in [6.07, 6.45) is 2.12. The average molecular weight is 326 g/mol. The van der Waals surface area contributed by atoms with Crippen LogP contribution in [0.5, 0.6) is 0 Å². The predicted octanol–water partition coefficient (Wildman–Crippen LogP) is 1.61. The molecule has 0 radical (unpaired) electrons. The fourth-order valence-corrected chi connectivity index (χ4v) is 1.72. The molecule has 0 saturated carbocycles. The molecule has 1 unspecified atom stereocenters. The molecule has 1 N–H and O–H groups in total. The first-order chi connectivity index (χ1) is 9.08. The molecule has 2 rings (SSSR count). The topological polar surface area (TPSA) is 93.8 Å². The highest BCUT2D eigenvalue weighted by atomic mass is 79.9. The zero-order valence-corrected chi connectivity index (χ0v) is 11.8. The third-order valence-electron chi connectivity index (χ3n) is 2.68. The van der Waals surface area contributed by atoms with E-state index < -0.39 is 11.9 Å². The fraction of sp³-hybridized carbons (Fsp3) is 0.364. The summed E-state index contributed by atoms with van der Waals surface area (Å²) in [5, 5.41) is 20.2. The number of nitrogens with zero attached hydrogens (tertiary/aromatic N) is 5. The van der Waals surface area contributed by atoms with Gasteiger partial charge >= 0.3 is 5.97 Å². The largest absolute Gasteiger partial charge is 0.481 e. The molecule has 0 spiro atoms. The van der Waals surface area contributed by atoms with Crippen LogP contribution in [-0.4, -0.2) is 36.3 Å². The summed E-state index contributed by atoms with van der Waals surface area (Å²) in [7, 11) is 0. The van der Waals surface area contributed by atoms with Crippen LogP contribution in [0.2, 0.25) is 0 Å². The second-order valence-corrected chi connectivity index (χ2v) is 5.03. The quantitative estimate of drug-likeness (QED) is 0.897. The van der Waals surface area contributed by atoms with Gasteiger partial charge in [0.15, 0.2) is 0 Å². The first-order valence-electron chi connectivity index (χ1n) is 5.69. The van der Waals surface area contributed by atoms with Gasteiger partial charge in [0, 0.05) is 17.2 Å². The van der Waals surface area contributed by atoms with Gasteiger partial charge < -0.3 is 5.11 Å². The molecule has 0 saturated heterocycles. The van der Waals surface area contributed by atoms with Gasteiger partial charge in [-0.2, -0.15) is 0 Å². The standard InChI is InChI=1S/C11H12BrN5O2/c1-7(11(18)19)4-5-17-10(14-15-16-17)9-3-2-8(12)6-13-9/h2-3,6-7H,4-5H2,1H3,(H,18,19). The van der Waals surface area contributed by atoms with Crippen molar-refractivity contribution in [2.75, 3.05) is 0 Å². The van der Waals surface area contributed by atoms with Crippen molar-refractivity contribution in [1.82, 2.24) is 25.2 Å². The van der Waals surface area contributed by atoms with Crippen molar-refractivity contribution < 1.29 is 9.90 Å². The van der Waals surface area contributed by atoms with Crippen molar-refractivity contribution in [2.45, 2.75) is 19.9 Å². The minimum absolute atomic E-state index is 0.435. The van der Waals surface area contributed by atoms with E-state index in [1.807, 2.05) is 6.07 Å². The Morgan fingerprint density at radius 3 is 2.95 bits per heavy atom. The number of aliphatic carboxylic acids is 1. The number of rotatable bonds is 5. The Morgan fingerprint density at radius 1 is 1.53 bits per heavy atom. The van der Waals surface area contributed by atoms with E-state index in [0.29, 0.717) is 24.5 Å². The van der Waals surface area contributed by atoms with Crippen molar-refractivity contribution in [2.24, 2.45) is 5.92 Å². The summed E-state index contributed by atoms with van der Waals surface area (Å²) < 4.78 is 2.44. The summed E-state index contributed by atoms with van der Waals surface area (Å²) in [5.74, 6) is -0.726. The van der Waals surface area contributed by atoms with Gasteiger partial charge in [0.1, 0.15) is 5.69 Å². The lowest BCUT2D eigenvalue weighted by molar-refractivity contribution is -0.141. The van der Waals surface area contributed by atoms with Gasteiger partial charge in [0.25, 0.3) is 0 Å². The monoisotopic (exact) mass is 325 g/mol. The van der Waals surface area contributed by atoms with E-state index in [1.165, 1.54) is 0 Å². The number of pyridine rings is 1. The van der Waals surface area contributed by atoms with E-state index in [-0.39, 0.29) is 0 Å². The first-order valence-corrected chi connectivity index (χ1v) is 6.48. The maximum Gasteiger partial charge on any atom is 0.306 e. The molecule has 100 valence electrons. The number of hydrogen-bond donors (Lipinski definition) is 1. The van der Waals surface area contributed by atoms with Crippen LogP contribution in [-0.2, 0) is 11.3 Å². The van der Waals surface area contributed by atoms with Crippen LogP contribution in [0.1, 0.15) is 13.3 Å². The molecule has 7 nitrogen and oxygen atoms in total. The predicted molar refractivity (Wildman–Crippen MR) is 70.2 cm³/mol. The van der Waals surface area contributed by atoms with Crippen LogP contribution in [0, 0.1) is 5.92 Å². The van der Waals surface area contributed by atoms with Crippen LogP contribution in [0.25, 0.3) is 11.5 Å². The molecule has 0 aliphatic heterocycles. The highest BCUT2D eigenvalue weighted by molar-refractivity contribution is 9.10. The normalized spacial score (nSPS) is 12.3. The lowest BCUT2D eigenvalue weighted by Gasteiger charge is -2.07. The zero-order valence-electron chi connectivity index (χ0n) is 10.2. The van der Waals surface area contributed by atoms with Gasteiger partial charge in [-0.05, 0) is 44.9 Å². The molecule has 0 aliphatic carbocycles. The molecule has 8 heteroatoms. The number of aryl methyl sites for hydroxylation is 1. The number of hydrogen-bond acceptors (Lipinski definition) is 5. The Kier molecular flexibility index (Phi) is 4.20. The number of aromatic nitrogens is 5.